The van der Waals surface area contributed by atoms with E-state index in [1.54, 1.807) is 0 Å². The molecule has 0 N–H and O–H groups in total. The third-order valence-corrected chi connectivity index (χ3v) is 12.2. The second-order valence-corrected chi connectivity index (χ2v) is 17.0. The maximum Gasteiger partial charge on any atom is 0.228 e. The van der Waals surface area contributed by atoms with Crippen molar-refractivity contribution in [2.24, 2.45) is 0 Å². The van der Waals surface area contributed by atoms with Gasteiger partial charge in [0.15, 0.2) is 11.3 Å². The summed E-state index contributed by atoms with van der Waals surface area (Å²) in [6.07, 6.45) is 12.5. The third kappa shape index (κ3) is 12.1. The van der Waals surface area contributed by atoms with E-state index < -0.39 is 0 Å². The summed E-state index contributed by atoms with van der Waals surface area (Å²) in [6.45, 7) is 20.1. The van der Waals surface area contributed by atoms with Crippen LogP contribution in [0.5, 0.6) is 11.5 Å². The van der Waals surface area contributed by atoms with Gasteiger partial charge in [0.2, 0.25) is 11.8 Å². The molecule has 0 aliphatic carbocycles. The van der Waals surface area contributed by atoms with Gasteiger partial charge in [-0.25, -0.2) is 19.0 Å². The largest absolute Gasteiger partial charge is 0.494 e. The Kier molecular flexibility index (Phi) is 17.3. The Labute approximate surface area is 380 Å². The van der Waals surface area contributed by atoms with E-state index in [1.165, 1.54) is 51.4 Å². The number of nitrogens with zero attached hydrogens (tertiary/aromatic N) is 8. The van der Waals surface area contributed by atoms with Crippen molar-refractivity contribution in [1.82, 2.24) is 39.0 Å². The van der Waals surface area contributed by atoms with E-state index in [2.05, 4.69) is 0 Å². The average molecular weight is 871 g/mol. The molecular formula is C52H70N8O4. The summed E-state index contributed by atoms with van der Waals surface area (Å²) in [4.78, 5) is 39.9. The number of fused-ring (bicyclic) bond motifs is 2. The third-order valence-electron chi connectivity index (χ3n) is 12.2. The van der Waals surface area contributed by atoms with E-state index in [-0.39, 0.29) is 24.7 Å². The summed E-state index contributed by atoms with van der Waals surface area (Å²) in [5.74, 6) is 1.86. The fourth-order valence-electron chi connectivity index (χ4n) is 8.61. The molecule has 2 amide bonds. The molecule has 6 aromatic rings. The molecule has 0 saturated carbocycles. The SMILES string of the molecule is CCN(CC)C(=O)Cc1c(-c2ccc(OCCCCCCCCCCCCOc3ccc(-c4nc5c(C)cc(C)nn5c4CC(=O)N(CC)CC)cc3)cc2)nn2c(C)cc(C)nc12. The smallest absolute Gasteiger partial charge is 0.228 e. The predicted molar refractivity (Wildman–Crippen MR) is 256 cm³/mol. The molecule has 0 saturated heterocycles. The first-order valence-electron chi connectivity index (χ1n) is 23.8. The number of benzene rings is 2. The number of carbonyl (C=O) groups is 2. The van der Waals surface area contributed by atoms with Crippen molar-refractivity contribution < 1.29 is 19.1 Å². The van der Waals surface area contributed by atoms with Gasteiger partial charge in [-0.2, -0.15) is 10.2 Å². The number of aryl methyl sites for hydroxylation is 4. The number of rotatable bonds is 25. The monoisotopic (exact) mass is 871 g/mol. The van der Waals surface area contributed by atoms with Gasteiger partial charge in [-0.05, 0) is 134 Å². The summed E-state index contributed by atoms with van der Waals surface area (Å²) in [7, 11) is 0. The standard InChI is InChI=1S/C52H70N8O4/c1-9-57(10-2)47(61)35-45-49(56-59-40(8)34-38(6)53-52(45)59)41-23-27-43(28-24-41)63-31-21-19-17-15-13-14-16-18-20-22-32-64-44-29-25-42(26-30-44)50-46(36-48(62)58(11-3)12-4)60-51(54-50)37(5)33-39(7)55-60/h23-30,33-34H,9-22,31-32,35-36H2,1-8H3. The molecule has 0 aliphatic rings. The molecule has 12 heteroatoms. The molecular weight excluding hydrogens is 801 g/mol. The number of carbonyl (C=O) groups excluding carboxylic acids is 2. The lowest BCUT2D eigenvalue weighted by Crippen LogP contribution is -2.32. The quantitative estimate of drug-likeness (QED) is 0.0522. The lowest BCUT2D eigenvalue weighted by atomic mass is 10.0. The van der Waals surface area contributed by atoms with E-state index >= 15 is 0 Å². The Hall–Kier alpha value is -5.78. The van der Waals surface area contributed by atoms with Crippen LogP contribution < -0.4 is 9.47 Å². The van der Waals surface area contributed by atoms with Crippen LogP contribution in [0.25, 0.3) is 33.8 Å². The molecule has 64 heavy (non-hydrogen) atoms. The van der Waals surface area contributed by atoms with Gasteiger partial charge in [-0.15, -0.1) is 0 Å². The van der Waals surface area contributed by atoms with Crippen LogP contribution in [-0.4, -0.2) is 90.2 Å². The van der Waals surface area contributed by atoms with Gasteiger partial charge in [0, 0.05) is 54.3 Å². The Bertz CT molecular complexity index is 2280. The van der Waals surface area contributed by atoms with E-state index in [9.17, 15) is 9.59 Å². The fourth-order valence-corrected chi connectivity index (χ4v) is 8.61. The number of amides is 2. The number of ether oxygens (including phenoxy) is 2. The molecule has 0 bridgehead atoms. The van der Waals surface area contributed by atoms with Crippen molar-refractivity contribution in [3.63, 3.8) is 0 Å². The van der Waals surface area contributed by atoms with Gasteiger partial charge in [0.1, 0.15) is 11.5 Å². The maximum absolute atomic E-state index is 13.2. The minimum absolute atomic E-state index is 0.0776. The zero-order valence-electron chi connectivity index (χ0n) is 39.7. The Balaban J connectivity index is 0.853. The maximum atomic E-state index is 13.2. The van der Waals surface area contributed by atoms with Crippen LogP contribution in [0.3, 0.4) is 0 Å². The van der Waals surface area contributed by atoms with Crippen molar-refractivity contribution in [3.8, 4) is 34.0 Å². The first-order valence-corrected chi connectivity index (χ1v) is 23.8. The minimum atomic E-state index is 0.0776. The zero-order valence-corrected chi connectivity index (χ0v) is 39.7. The summed E-state index contributed by atoms with van der Waals surface area (Å²) in [5, 5.41) is 9.67. The number of imidazole rings is 1. The van der Waals surface area contributed by atoms with Crippen LogP contribution in [0.15, 0.2) is 60.7 Å². The molecule has 0 aliphatic heterocycles. The van der Waals surface area contributed by atoms with Crippen LogP contribution in [-0.2, 0) is 22.4 Å². The molecule has 2 aromatic carbocycles. The fraction of sp³-hybridized carbons (Fsp3) is 0.500. The summed E-state index contributed by atoms with van der Waals surface area (Å²) >= 11 is 0. The average Bonchev–Trinajstić information content (AvgIpc) is 3.83. The van der Waals surface area contributed by atoms with E-state index in [0.29, 0.717) is 39.4 Å². The van der Waals surface area contributed by atoms with Crippen molar-refractivity contribution in [1.29, 1.82) is 0 Å². The molecule has 0 unspecified atom stereocenters. The lowest BCUT2D eigenvalue weighted by Gasteiger charge is -2.18. The normalized spacial score (nSPS) is 11.4. The first kappa shape index (κ1) is 47.7. The van der Waals surface area contributed by atoms with Crippen molar-refractivity contribution in [3.05, 3.63) is 94.6 Å². The van der Waals surface area contributed by atoms with Crippen LogP contribution in [0.2, 0.25) is 0 Å². The summed E-state index contributed by atoms with van der Waals surface area (Å²) < 4.78 is 15.9. The second kappa shape index (κ2) is 23.2. The van der Waals surface area contributed by atoms with Crippen molar-refractivity contribution in [2.45, 2.75) is 132 Å². The van der Waals surface area contributed by atoms with E-state index in [0.717, 1.165) is 92.1 Å². The molecule has 0 radical (unpaired) electrons. The second-order valence-electron chi connectivity index (χ2n) is 17.0. The predicted octanol–water partition coefficient (Wildman–Crippen LogP) is 10.5. The van der Waals surface area contributed by atoms with E-state index in [1.807, 2.05) is 135 Å². The van der Waals surface area contributed by atoms with Gasteiger partial charge in [0.05, 0.1) is 48.8 Å². The highest BCUT2D eigenvalue weighted by Gasteiger charge is 2.23. The van der Waals surface area contributed by atoms with E-state index in [4.69, 9.17) is 29.6 Å². The highest BCUT2D eigenvalue weighted by atomic mass is 16.5. The highest BCUT2D eigenvalue weighted by Crippen LogP contribution is 2.30. The zero-order chi connectivity index (χ0) is 45.6. The van der Waals surface area contributed by atoms with Gasteiger partial charge < -0.3 is 19.3 Å². The topological polar surface area (TPSA) is 119 Å². The number of likely N-dealkylation sites (N-methyl/N-ethyl adjacent to an activating group) is 2. The highest BCUT2D eigenvalue weighted by molar-refractivity contribution is 5.85. The Morgan fingerprint density at radius 1 is 0.531 bits per heavy atom. The lowest BCUT2D eigenvalue weighted by molar-refractivity contribution is -0.130. The molecule has 4 aromatic heterocycles. The van der Waals surface area contributed by atoms with Crippen LogP contribution in [0.4, 0.5) is 0 Å². The van der Waals surface area contributed by atoms with Gasteiger partial charge >= 0.3 is 0 Å². The summed E-state index contributed by atoms with van der Waals surface area (Å²) in [6, 6.07) is 20.2. The van der Waals surface area contributed by atoms with Gasteiger partial charge in [0.25, 0.3) is 0 Å². The van der Waals surface area contributed by atoms with Gasteiger partial charge in [-0.1, -0.05) is 51.4 Å². The first-order chi connectivity index (χ1) is 31.0. The number of unbranched alkanes of at least 4 members (excludes halogenated alkanes) is 9. The molecule has 12 nitrogen and oxygen atoms in total. The van der Waals surface area contributed by atoms with Crippen LogP contribution >= 0.6 is 0 Å². The molecule has 0 fully saturated rings. The molecule has 342 valence electrons. The molecule has 0 atom stereocenters. The molecule has 6 rings (SSSR count). The Morgan fingerprint density at radius 3 is 1.53 bits per heavy atom. The van der Waals surface area contributed by atoms with Crippen molar-refractivity contribution >= 4 is 23.1 Å². The van der Waals surface area contributed by atoms with Crippen LogP contribution in [0.1, 0.15) is 126 Å². The van der Waals surface area contributed by atoms with Crippen LogP contribution in [0, 0.1) is 27.7 Å². The Morgan fingerprint density at radius 2 is 1.02 bits per heavy atom. The number of hydrogen-bond acceptors (Lipinski definition) is 8. The van der Waals surface area contributed by atoms with Crippen molar-refractivity contribution in [2.75, 3.05) is 39.4 Å². The molecule has 0 spiro atoms. The number of hydrogen-bond donors (Lipinski definition) is 0. The minimum Gasteiger partial charge on any atom is -0.494 e. The van der Waals surface area contributed by atoms with Gasteiger partial charge in [-0.3, -0.25) is 9.59 Å². The summed E-state index contributed by atoms with van der Waals surface area (Å²) in [5.41, 5.74) is 10.5. The number of aromatic nitrogens is 6. The molecule has 4 heterocycles.